The molecule has 0 aliphatic carbocycles. The molecule has 0 heterocycles. The lowest BCUT2D eigenvalue weighted by atomic mass is 10.3. The van der Waals surface area contributed by atoms with E-state index in [0.717, 1.165) is 9.26 Å². The van der Waals surface area contributed by atoms with Crippen molar-refractivity contribution in [2.24, 2.45) is 10.9 Å². The van der Waals surface area contributed by atoms with Gasteiger partial charge in [0.25, 0.3) is 0 Å². The zero-order valence-corrected chi connectivity index (χ0v) is 9.73. The third-order valence-electron chi connectivity index (χ3n) is 1.70. The van der Waals surface area contributed by atoms with Gasteiger partial charge in [0.05, 0.1) is 0 Å². The van der Waals surface area contributed by atoms with Crippen molar-refractivity contribution in [1.29, 1.82) is 0 Å². The highest BCUT2D eigenvalue weighted by Crippen LogP contribution is 2.16. The van der Waals surface area contributed by atoms with Crippen molar-refractivity contribution in [3.63, 3.8) is 0 Å². The highest BCUT2D eigenvalue weighted by molar-refractivity contribution is 14.1. The second kappa shape index (κ2) is 5.69. The van der Waals surface area contributed by atoms with Crippen LogP contribution in [0.2, 0.25) is 0 Å². The van der Waals surface area contributed by atoms with E-state index in [0.29, 0.717) is 13.0 Å². The summed E-state index contributed by atoms with van der Waals surface area (Å²) in [4.78, 5) is 0. The number of oxime groups is 1. The molecule has 5 heteroatoms. The van der Waals surface area contributed by atoms with Gasteiger partial charge in [-0.1, -0.05) is 17.3 Å². The van der Waals surface area contributed by atoms with Crippen molar-refractivity contribution in [1.82, 2.24) is 0 Å². The first kappa shape index (κ1) is 11.1. The summed E-state index contributed by atoms with van der Waals surface area (Å²) < 4.78 is 1.16. The van der Waals surface area contributed by atoms with E-state index in [1.165, 1.54) is 0 Å². The van der Waals surface area contributed by atoms with Crippen LogP contribution < -0.4 is 11.1 Å². The van der Waals surface area contributed by atoms with Crippen LogP contribution in [0.1, 0.15) is 6.42 Å². The fourth-order valence-electron chi connectivity index (χ4n) is 0.980. The molecule has 0 aliphatic heterocycles. The quantitative estimate of drug-likeness (QED) is 0.261. The highest BCUT2D eigenvalue weighted by Gasteiger charge is 1.97. The molecule has 4 N–H and O–H groups in total. The summed E-state index contributed by atoms with van der Waals surface area (Å²) in [7, 11) is 0. The van der Waals surface area contributed by atoms with Gasteiger partial charge in [-0.3, -0.25) is 0 Å². The summed E-state index contributed by atoms with van der Waals surface area (Å²) >= 11 is 2.25. The molecule has 0 saturated carbocycles. The van der Waals surface area contributed by atoms with Gasteiger partial charge in [-0.05, 0) is 34.7 Å². The lowest BCUT2D eigenvalue weighted by Gasteiger charge is -2.07. The Morgan fingerprint density at radius 2 is 2.21 bits per heavy atom. The Morgan fingerprint density at radius 3 is 2.86 bits per heavy atom. The number of amidine groups is 1. The van der Waals surface area contributed by atoms with Gasteiger partial charge in [-0.25, -0.2) is 0 Å². The number of halogens is 1. The Labute approximate surface area is 96.3 Å². The van der Waals surface area contributed by atoms with Crippen molar-refractivity contribution in [2.75, 3.05) is 11.9 Å². The number of para-hydroxylation sites is 1. The van der Waals surface area contributed by atoms with Crippen molar-refractivity contribution in [3.05, 3.63) is 27.8 Å². The first-order valence-electron chi connectivity index (χ1n) is 4.19. The van der Waals surface area contributed by atoms with E-state index < -0.39 is 0 Å². The second-order valence-corrected chi connectivity index (χ2v) is 3.91. The van der Waals surface area contributed by atoms with Crippen molar-refractivity contribution < 1.29 is 5.21 Å². The van der Waals surface area contributed by atoms with Gasteiger partial charge in [0.1, 0.15) is 5.84 Å². The molecule has 0 fully saturated rings. The molecule has 4 nitrogen and oxygen atoms in total. The standard InChI is InChI=1S/C9H12IN3O/c10-7-3-1-2-4-8(7)12-6-5-9(11)13-14/h1-4,12,14H,5-6H2,(H2,11,13). The summed E-state index contributed by atoms with van der Waals surface area (Å²) in [6.07, 6.45) is 0.529. The number of hydrogen-bond donors (Lipinski definition) is 3. The molecule has 1 aromatic rings. The zero-order chi connectivity index (χ0) is 10.4. The largest absolute Gasteiger partial charge is 0.409 e. The minimum atomic E-state index is 0.239. The number of nitrogens with zero attached hydrogens (tertiary/aromatic N) is 1. The molecule has 0 aliphatic rings. The molecule has 14 heavy (non-hydrogen) atoms. The first-order chi connectivity index (χ1) is 6.74. The molecule has 0 aromatic heterocycles. The van der Waals surface area contributed by atoms with Gasteiger partial charge < -0.3 is 16.3 Å². The van der Waals surface area contributed by atoms with Gasteiger partial charge in [0.15, 0.2) is 0 Å². The summed E-state index contributed by atoms with van der Waals surface area (Å²) in [5, 5.41) is 14.4. The van der Waals surface area contributed by atoms with E-state index in [4.69, 9.17) is 10.9 Å². The fraction of sp³-hybridized carbons (Fsp3) is 0.222. The van der Waals surface area contributed by atoms with Crippen molar-refractivity contribution >= 4 is 34.1 Å². The predicted molar refractivity (Wildman–Crippen MR) is 65.7 cm³/mol. The highest BCUT2D eigenvalue weighted by atomic mass is 127. The fourth-order valence-corrected chi connectivity index (χ4v) is 1.56. The molecule has 0 amide bonds. The Kier molecular flexibility index (Phi) is 4.51. The lowest BCUT2D eigenvalue weighted by molar-refractivity contribution is 0.317. The zero-order valence-electron chi connectivity index (χ0n) is 7.57. The third-order valence-corrected chi connectivity index (χ3v) is 2.64. The average molecular weight is 305 g/mol. The maximum Gasteiger partial charge on any atom is 0.140 e. The van der Waals surface area contributed by atoms with Gasteiger partial charge in [-0.2, -0.15) is 0 Å². The number of anilines is 1. The van der Waals surface area contributed by atoms with Crippen molar-refractivity contribution in [3.8, 4) is 0 Å². The van der Waals surface area contributed by atoms with Crippen molar-refractivity contribution in [2.45, 2.75) is 6.42 Å². The van der Waals surface area contributed by atoms with E-state index in [2.05, 4.69) is 33.1 Å². The Morgan fingerprint density at radius 1 is 1.50 bits per heavy atom. The second-order valence-electron chi connectivity index (χ2n) is 2.75. The average Bonchev–Trinajstić information content (AvgIpc) is 2.20. The summed E-state index contributed by atoms with van der Waals surface area (Å²) in [5.41, 5.74) is 6.40. The minimum Gasteiger partial charge on any atom is -0.409 e. The van der Waals surface area contributed by atoms with E-state index in [-0.39, 0.29) is 5.84 Å². The molecule has 76 valence electrons. The molecular weight excluding hydrogens is 293 g/mol. The van der Waals surface area contributed by atoms with Crippen LogP contribution in [0.3, 0.4) is 0 Å². The Bertz CT molecular complexity index is 328. The van der Waals surface area contributed by atoms with Crippen LogP contribution in [-0.2, 0) is 0 Å². The molecule has 0 bridgehead atoms. The van der Waals surface area contributed by atoms with E-state index >= 15 is 0 Å². The van der Waals surface area contributed by atoms with E-state index in [1.54, 1.807) is 0 Å². The van der Waals surface area contributed by atoms with Gasteiger partial charge in [0.2, 0.25) is 0 Å². The SMILES string of the molecule is NC(CCNc1ccccc1I)=NO. The molecule has 1 aromatic carbocycles. The molecule has 0 unspecified atom stereocenters. The number of rotatable bonds is 4. The van der Waals surface area contributed by atoms with Gasteiger partial charge >= 0.3 is 0 Å². The molecular formula is C9H12IN3O. The summed E-state index contributed by atoms with van der Waals surface area (Å²) in [5.74, 6) is 0.239. The predicted octanol–water partition coefficient (Wildman–Crippen LogP) is 1.84. The normalized spacial score (nSPS) is 11.4. The molecule has 1 rings (SSSR count). The maximum absolute atomic E-state index is 8.32. The monoisotopic (exact) mass is 305 g/mol. The number of hydrogen-bond acceptors (Lipinski definition) is 3. The van der Waals surface area contributed by atoms with Crippen LogP contribution >= 0.6 is 22.6 Å². The van der Waals surface area contributed by atoms with Crippen LogP contribution in [0.25, 0.3) is 0 Å². The van der Waals surface area contributed by atoms with Crippen LogP contribution in [-0.4, -0.2) is 17.6 Å². The number of benzene rings is 1. The van der Waals surface area contributed by atoms with Crippen LogP contribution in [0.15, 0.2) is 29.4 Å². The van der Waals surface area contributed by atoms with E-state index in [1.807, 2.05) is 24.3 Å². The topological polar surface area (TPSA) is 70.6 Å². The minimum absolute atomic E-state index is 0.239. The Balaban J connectivity index is 2.43. The summed E-state index contributed by atoms with van der Waals surface area (Å²) in [6, 6.07) is 7.96. The molecule has 0 atom stereocenters. The number of nitrogens with two attached hydrogens (primary N) is 1. The maximum atomic E-state index is 8.32. The Hall–Kier alpha value is -0.980. The first-order valence-corrected chi connectivity index (χ1v) is 5.26. The molecule has 0 radical (unpaired) electrons. The van der Waals surface area contributed by atoms with Crippen LogP contribution in [0.5, 0.6) is 0 Å². The molecule has 0 saturated heterocycles. The van der Waals surface area contributed by atoms with Gasteiger partial charge in [-0.15, -0.1) is 0 Å². The molecule has 0 spiro atoms. The van der Waals surface area contributed by atoms with E-state index in [9.17, 15) is 0 Å². The summed E-state index contributed by atoms with van der Waals surface area (Å²) in [6.45, 7) is 0.663. The van der Waals surface area contributed by atoms with Crippen LogP contribution in [0.4, 0.5) is 5.69 Å². The number of nitrogens with one attached hydrogen (secondary N) is 1. The third kappa shape index (κ3) is 3.41. The lowest BCUT2D eigenvalue weighted by Crippen LogP contribution is -2.16. The van der Waals surface area contributed by atoms with Crippen LogP contribution in [0, 0.1) is 3.57 Å². The van der Waals surface area contributed by atoms with Gasteiger partial charge in [0, 0.05) is 22.2 Å². The smallest absolute Gasteiger partial charge is 0.140 e.